The molecule has 140 valence electrons. The lowest BCUT2D eigenvalue weighted by atomic mass is 10.2. The minimum atomic E-state index is -0.428. The molecule has 0 bridgehead atoms. The van der Waals surface area contributed by atoms with Crippen LogP contribution in [0.5, 0.6) is 17.2 Å². The summed E-state index contributed by atoms with van der Waals surface area (Å²) in [6.45, 7) is 0.0822. The number of carbonyl (C=O) groups is 1. The van der Waals surface area contributed by atoms with E-state index in [0.29, 0.717) is 28.5 Å². The van der Waals surface area contributed by atoms with Crippen LogP contribution in [-0.4, -0.2) is 32.3 Å². The lowest BCUT2D eigenvalue weighted by molar-refractivity contribution is 0.0468. The summed E-state index contributed by atoms with van der Waals surface area (Å²) in [6, 6.07) is 12.4. The van der Waals surface area contributed by atoms with Gasteiger partial charge in [0.05, 0.1) is 38.2 Å². The smallest absolute Gasteiger partial charge is 0.338 e. The Hall–Kier alpha value is -3.06. The fourth-order valence-corrected chi connectivity index (χ4v) is 3.35. The highest BCUT2D eigenvalue weighted by molar-refractivity contribution is 7.13. The van der Waals surface area contributed by atoms with Gasteiger partial charge in [-0.25, -0.2) is 9.78 Å². The third kappa shape index (κ3) is 4.20. The topological polar surface area (TPSA) is 66.9 Å². The first kappa shape index (κ1) is 18.7. The van der Waals surface area contributed by atoms with E-state index in [1.807, 2.05) is 23.6 Å². The number of hydrogen-bond donors (Lipinski definition) is 0. The lowest BCUT2D eigenvalue weighted by Gasteiger charge is -2.10. The molecular weight excluding hydrogens is 366 g/mol. The third-order valence-corrected chi connectivity index (χ3v) is 4.77. The largest absolute Gasteiger partial charge is 0.497 e. The molecule has 0 unspecified atom stereocenters. The molecule has 7 heteroatoms. The second-order valence-corrected chi connectivity index (χ2v) is 6.35. The first-order chi connectivity index (χ1) is 13.2. The molecule has 0 radical (unpaired) electrons. The molecule has 0 saturated heterocycles. The SMILES string of the molecule is COc1cccc(C(=O)OCc2csc(-c3cccc(OC)c3OC)n2)c1. The molecule has 3 rings (SSSR count). The van der Waals surface area contributed by atoms with Crippen molar-refractivity contribution < 1.29 is 23.7 Å². The van der Waals surface area contributed by atoms with Crippen molar-refractivity contribution in [3.63, 3.8) is 0 Å². The molecule has 1 aromatic heterocycles. The highest BCUT2D eigenvalue weighted by Gasteiger charge is 2.15. The minimum Gasteiger partial charge on any atom is -0.497 e. The minimum absolute atomic E-state index is 0.0822. The van der Waals surface area contributed by atoms with Gasteiger partial charge >= 0.3 is 5.97 Å². The molecule has 0 aliphatic carbocycles. The Morgan fingerprint density at radius 3 is 2.59 bits per heavy atom. The Balaban J connectivity index is 1.72. The zero-order chi connectivity index (χ0) is 19.2. The van der Waals surface area contributed by atoms with E-state index in [-0.39, 0.29) is 6.61 Å². The molecule has 0 saturated carbocycles. The quantitative estimate of drug-likeness (QED) is 0.568. The summed E-state index contributed by atoms with van der Waals surface area (Å²) in [5, 5.41) is 2.62. The monoisotopic (exact) mass is 385 g/mol. The fraction of sp³-hybridized carbons (Fsp3) is 0.200. The van der Waals surface area contributed by atoms with Crippen molar-refractivity contribution in [2.45, 2.75) is 6.61 Å². The van der Waals surface area contributed by atoms with Crippen LogP contribution in [0.4, 0.5) is 0 Å². The zero-order valence-corrected chi connectivity index (χ0v) is 16.0. The van der Waals surface area contributed by atoms with Crippen LogP contribution in [0.3, 0.4) is 0 Å². The van der Waals surface area contributed by atoms with Crippen molar-refractivity contribution in [2.75, 3.05) is 21.3 Å². The lowest BCUT2D eigenvalue weighted by Crippen LogP contribution is -2.05. The summed E-state index contributed by atoms with van der Waals surface area (Å²) in [7, 11) is 4.73. The van der Waals surface area contributed by atoms with Crippen molar-refractivity contribution in [3.05, 3.63) is 59.1 Å². The summed E-state index contributed by atoms with van der Waals surface area (Å²) in [4.78, 5) is 16.8. The number of nitrogens with zero attached hydrogens (tertiary/aromatic N) is 1. The highest BCUT2D eigenvalue weighted by atomic mass is 32.1. The average Bonchev–Trinajstić information content (AvgIpc) is 3.20. The maximum atomic E-state index is 12.2. The number of ether oxygens (including phenoxy) is 4. The van der Waals surface area contributed by atoms with E-state index in [2.05, 4.69) is 4.98 Å². The Morgan fingerprint density at radius 2 is 1.85 bits per heavy atom. The van der Waals surface area contributed by atoms with Crippen LogP contribution in [0, 0.1) is 0 Å². The molecule has 27 heavy (non-hydrogen) atoms. The number of hydrogen-bond acceptors (Lipinski definition) is 7. The number of methoxy groups -OCH3 is 3. The van der Waals surface area contributed by atoms with Crippen molar-refractivity contribution in [1.29, 1.82) is 0 Å². The molecule has 0 atom stereocenters. The van der Waals surface area contributed by atoms with Crippen LogP contribution in [0.1, 0.15) is 16.1 Å². The zero-order valence-electron chi connectivity index (χ0n) is 15.2. The number of para-hydroxylation sites is 1. The first-order valence-electron chi connectivity index (χ1n) is 8.13. The van der Waals surface area contributed by atoms with E-state index in [9.17, 15) is 4.79 Å². The molecule has 0 fully saturated rings. The Bertz CT molecular complexity index is 938. The van der Waals surface area contributed by atoms with Crippen LogP contribution < -0.4 is 14.2 Å². The number of esters is 1. The van der Waals surface area contributed by atoms with Gasteiger partial charge in [-0.05, 0) is 30.3 Å². The summed E-state index contributed by atoms with van der Waals surface area (Å²) in [5.74, 6) is 1.43. The van der Waals surface area contributed by atoms with Gasteiger partial charge in [-0.15, -0.1) is 11.3 Å². The van der Waals surface area contributed by atoms with Crippen LogP contribution in [-0.2, 0) is 11.3 Å². The fourth-order valence-electron chi connectivity index (χ4n) is 2.53. The van der Waals surface area contributed by atoms with E-state index < -0.39 is 5.97 Å². The van der Waals surface area contributed by atoms with Crippen molar-refractivity contribution in [1.82, 2.24) is 4.98 Å². The van der Waals surface area contributed by atoms with Crippen LogP contribution in [0.2, 0.25) is 0 Å². The van der Waals surface area contributed by atoms with E-state index in [0.717, 1.165) is 10.6 Å². The van der Waals surface area contributed by atoms with Crippen LogP contribution in [0.25, 0.3) is 10.6 Å². The summed E-state index contributed by atoms with van der Waals surface area (Å²) < 4.78 is 21.3. The van der Waals surface area contributed by atoms with E-state index in [1.54, 1.807) is 45.6 Å². The first-order valence-corrected chi connectivity index (χ1v) is 9.01. The van der Waals surface area contributed by atoms with Gasteiger partial charge in [-0.2, -0.15) is 0 Å². The van der Waals surface area contributed by atoms with Gasteiger partial charge in [0.15, 0.2) is 11.5 Å². The Morgan fingerprint density at radius 1 is 1.04 bits per heavy atom. The van der Waals surface area contributed by atoms with Crippen molar-refractivity contribution in [2.24, 2.45) is 0 Å². The highest BCUT2D eigenvalue weighted by Crippen LogP contribution is 2.39. The second-order valence-electron chi connectivity index (χ2n) is 5.49. The van der Waals surface area contributed by atoms with Gasteiger partial charge in [0, 0.05) is 5.38 Å². The predicted molar refractivity (Wildman–Crippen MR) is 103 cm³/mol. The summed E-state index contributed by atoms with van der Waals surface area (Å²) in [6.07, 6.45) is 0. The maximum Gasteiger partial charge on any atom is 0.338 e. The molecule has 2 aromatic carbocycles. The molecule has 0 spiro atoms. The van der Waals surface area contributed by atoms with Crippen LogP contribution >= 0.6 is 11.3 Å². The number of benzene rings is 2. The number of rotatable bonds is 7. The molecule has 0 amide bonds. The van der Waals surface area contributed by atoms with Gasteiger partial charge in [0.1, 0.15) is 17.4 Å². The average molecular weight is 385 g/mol. The van der Waals surface area contributed by atoms with Gasteiger partial charge in [0.2, 0.25) is 0 Å². The molecule has 1 heterocycles. The van der Waals surface area contributed by atoms with Crippen molar-refractivity contribution >= 4 is 17.3 Å². The predicted octanol–water partition coefficient (Wildman–Crippen LogP) is 4.19. The van der Waals surface area contributed by atoms with E-state index in [1.165, 1.54) is 11.3 Å². The number of thiazole rings is 1. The van der Waals surface area contributed by atoms with Crippen molar-refractivity contribution in [3.8, 4) is 27.8 Å². The molecule has 0 aliphatic heterocycles. The van der Waals surface area contributed by atoms with E-state index >= 15 is 0 Å². The second kappa shape index (κ2) is 8.55. The molecule has 6 nitrogen and oxygen atoms in total. The third-order valence-electron chi connectivity index (χ3n) is 3.84. The molecule has 0 N–H and O–H groups in total. The maximum absolute atomic E-state index is 12.2. The van der Waals surface area contributed by atoms with E-state index in [4.69, 9.17) is 18.9 Å². The van der Waals surface area contributed by atoms with Gasteiger partial charge in [-0.3, -0.25) is 0 Å². The van der Waals surface area contributed by atoms with Crippen LogP contribution in [0.15, 0.2) is 47.8 Å². The van der Waals surface area contributed by atoms with Gasteiger partial charge in [-0.1, -0.05) is 12.1 Å². The van der Waals surface area contributed by atoms with Gasteiger partial charge in [0.25, 0.3) is 0 Å². The standard InChI is InChI=1S/C20H19NO5S/c1-23-15-7-4-6-13(10-15)20(22)26-11-14-12-27-19(21-14)16-8-5-9-17(24-2)18(16)25-3/h4-10,12H,11H2,1-3H3. The summed E-state index contributed by atoms with van der Waals surface area (Å²) >= 11 is 1.45. The Labute approximate surface area is 161 Å². The number of carbonyl (C=O) groups excluding carboxylic acids is 1. The number of aromatic nitrogens is 1. The Kier molecular flexibility index (Phi) is 5.93. The van der Waals surface area contributed by atoms with Gasteiger partial charge < -0.3 is 18.9 Å². The molecule has 0 aliphatic rings. The summed E-state index contributed by atoms with van der Waals surface area (Å²) in [5.41, 5.74) is 1.92. The molecular formula is C20H19NO5S. The normalized spacial score (nSPS) is 10.3. The molecule has 3 aromatic rings.